The molecule has 1 saturated carbocycles. The highest BCUT2D eigenvalue weighted by Crippen LogP contribution is 2.43. The van der Waals surface area contributed by atoms with E-state index in [1.807, 2.05) is 32.6 Å². The first-order chi connectivity index (χ1) is 7.77. The number of rotatable bonds is 1. The molecule has 2 fully saturated rings. The van der Waals surface area contributed by atoms with E-state index in [0.29, 0.717) is 0 Å². The van der Waals surface area contributed by atoms with E-state index in [0.717, 1.165) is 12.8 Å². The fourth-order valence-electron chi connectivity index (χ4n) is 2.83. The van der Waals surface area contributed by atoms with Crippen LogP contribution in [0.5, 0.6) is 0 Å². The van der Waals surface area contributed by atoms with Crippen LogP contribution in [0.25, 0.3) is 0 Å². The Balaban J connectivity index is 2.36. The molecule has 2 rings (SSSR count). The van der Waals surface area contributed by atoms with Crippen LogP contribution in [0, 0.1) is 0 Å². The number of carbonyl (C=O) groups excluding carboxylic acids is 2. The third-order valence-electron chi connectivity index (χ3n) is 3.87. The van der Waals surface area contributed by atoms with Crippen LogP contribution in [0.4, 0.5) is 0 Å². The van der Waals surface area contributed by atoms with Crippen LogP contribution in [0.15, 0.2) is 0 Å². The summed E-state index contributed by atoms with van der Waals surface area (Å²) in [5.41, 5.74) is -0.647. The number of nitrogens with zero attached hydrogens (tertiary/aromatic N) is 1. The van der Waals surface area contributed by atoms with Crippen LogP contribution in [0.1, 0.15) is 53.4 Å². The Hall–Kier alpha value is -0.510. The molecule has 1 heterocycles. The van der Waals surface area contributed by atoms with Crippen molar-refractivity contribution in [3.05, 3.63) is 0 Å². The molecule has 1 aliphatic carbocycles. The average Bonchev–Trinajstić information content (AvgIpc) is 2.68. The standard InChI is InChI=1S/C13H21NO2S/c1-12(2)11(16)17-13(3,4)10(15)14(12)9-7-5-6-8-9/h9H,5-8H2,1-4H3. The van der Waals surface area contributed by atoms with Gasteiger partial charge in [-0.2, -0.15) is 0 Å². The van der Waals surface area contributed by atoms with E-state index in [4.69, 9.17) is 0 Å². The molecular formula is C13H21NO2S. The fraction of sp³-hybridized carbons (Fsp3) is 0.846. The van der Waals surface area contributed by atoms with Crippen LogP contribution in [0.3, 0.4) is 0 Å². The second-order valence-electron chi connectivity index (χ2n) is 6.07. The third-order valence-corrected chi connectivity index (χ3v) is 5.24. The Morgan fingerprint density at radius 3 is 2.18 bits per heavy atom. The normalized spacial score (nSPS) is 28.8. The number of amides is 1. The van der Waals surface area contributed by atoms with Gasteiger partial charge in [-0.25, -0.2) is 0 Å². The molecule has 0 aromatic carbocycles. The predicted octanol–water partition coefficient (Wildman–Crippen LogP) is 2.59. The average molecular weight is 255 g/mol. The van der Waals surface area contributed by atoms with Crippen molar-refractivity contribution < 1.29 is 9.59 Å². The van der Waals surface area contributed by atoms with Crippen LogP contribution in [0.2, 0.25) is 0 Å². The first kappa shape index (κ1) is 12.9. The first-order valence-electron chi connectivity index (χ1n) is 6.34. The molecule has 0 N–H and O–H groups in total. The molecule has 1 amide bonds. The number of thioether (sulfide) groups is 1. The van der Waals surface area contributed by atoms with Crippen molar-refractivity contribution in [1.29, 1.82) is 0 Å². The Kier molecular flexibility index (Phi) is 3.05. The molecule has 0 unspecified atom stereocenters. The number of hydrogen-bond donors (Lipinski definition) is 0. The van der Waals surface area contributed by atoms with Gasteiger partial charge < -0.3 is 4.90 Å². The minimum absolute atomic E-state index is 0.119. The van der Waals surface area contributed by atoms with E-state index in [1.165, 1.54) is 24.6 Å². The van der Waals surface area contributed by atoms with Crippen molar-refractivity contribution in [2.24, 2.45) is 0 Å². The lowest BCUT2D eigenvalue weighted by atomic mass is 9.96. The Morgan fingerprint density at radius 1 is 1.12 bits per heavy atom. The lowest BCUT2D eigenvalue weighted by Crippen LogP contribution is -2.64. The zero-order valence-corrected chi connectivity index (χ0v) is 11.9. The van der Waals surface area contributed by atoms with Gasteiger partial charge in [0.15, 0.2) is 0 Å². The van der Waals surface area contributed by atoms with Gasteiger partial charge in [0.1, 0.15) is 5.54 Å². The summed E-state index contributed by atoms with van der Waals surface area (Å²) in [5.74, 6) is 0.124. The maximum Gasteiger partial charge on any atom is 0.239 e. The summed E-state index contributed by atoms with van der Waals surface area (Å²) in [4.78, 5) is 26.6. The van der Waals surface area contributed by atoms with Crippen molar-refractivity contribution in [2.45, 2.75) is 69.7 Å². The van der Waals surface area contributed by atoms with Crippen molar-refractivity contribution in [1.82, 2.24) is 4.90 Å². The Morgan fingerprint density at radius 2 is 1.65 bits per heavy atom. The van der Waals surface area contributed by atoms with Crippen LogP contribution in [-0.4, -0.2) is 32.3 Å². The fourth-order valence-corrected chi connectivity index (χ4v) is 3.82. The van der Waals surface area contributed by atoms with Gasteiger partial charge in [0.25, 0.3) is 0 Å². The number of carbonyl (C=O) groups is 2. The molecule has 3 nitrogen and oxygen atoms in total. The van der Waals surface area contributed by atoms with Crippen molar-refractivity contribution in [3.63, 3.8) is 0 Å². The lowest BCUT2D eigenvalue weighted by molar-refractivity contribution is -0.148. The topological polar surface area (TPSA) is 37.4 Å². The highest BCUT2D eigenvalue weighted by Gasteiger charge is 2.53. The quantitative estimate of drug-likeness (QED) is 0.722. The Bertz CT molecular complexity index is 356. The third kappa shape index (κ3) is 2.01. The Labute approximate surface area is 107 Å². The number of hydrogen-bond acceptors (Lipinski definition) is 3. The summed E-state index contributed by atoms with van der Waals surface area (Å²) in [6, 6.07) is 0.265. The maximum absolute atomic E-state index is 12.5. The highest BCUT2D eigenvalue weighted by atomic mass is 32.2. The SMILES string of the molecule is CC1(C)SC(=O)C(C)(C)N(C2CCCC2)C1=O. The highest BCUT2D eigenvalue weighted by molar-refractivity contribution is 8.15. The van der Waals surface area contributed by atoms with Gasteiger partial charge in [0, 0.05) is 6.04 Å². The predicted molar refractivity (Wildman–Crippen MR) is 69.9 cm³/mol. The van der Waals surface area contributed by atoms with Gasteiger partial charge in [0.05, 0.1) is 4.75 Å². The summed E-state index contributed by atoms with van der Waals surface area (Å²) in [7, 11) is 0. The van der Waals surface area contributed by atoms with Crippen LogP contribution >= 0.6 is 11.8 Å². The molecule has 0 aromatic rings. The van der Waals surface area contributed by atoms with Crippen molar-refractivity contribution in [3.8, 4) is 0 Å². The summed E-state index contributed by atoms with van der Waals surface area (Å²) in [6.45, 7) is 7.48. The van der Waals surface area contributed by atoms with Crippen LogP contribution in [-0.2, 0) is 9.59 Å². The van der Waals surface area contributed by atoms with Gasteiger partial charge in [-0.1, -0.05) is 24.6 Å². The molecule has 1 saturated heterocycles. The summed E-state index contributed by atoms with van der Waals surface area (Å²) in [6.07, 6.45) is 4.44. The molecule has 2 aliphatic rings. The van der Waals surface area contributed by atoms with E-state index < -0.39 is 10.3 Å². The van der Waals surface area contributed by atoms with Crippen molar-refractivity contribution >= 4 is 22.8 Å². The smallest absolute Gasteiger partial charge is 0.239 e. The molecule has 0 spiro atoms. The molecule has 4 heteroatoms. The van der Waals surface area contributed by atoms with Gasteiger partial charge in [-0.05, 0) is 40.5 Å². The van der Waals surface area contributed by atoms with E-state index in [-0.39, 0.29) is 17.1 Å². The molecule has 1 aliphatic heterocycles. The van der Waals surface area contributed by atoms with Gasteiger partial charge in [-0.15, -0.1) is 0 Å². The minimum Gasteiger partial charge on any atom is -0.325 e. The molecule has 17 heavy (non-hydrogen) atoms. The summed E-state index contributed by atoms with van der Waals surface area (Å²) < 4.78 is -0.602. The zero-order chi connectivity index (χ0) is 12.8. The molecule has 0 atom stereocenters. The van der Waals surface area contributed by atoms with E-state index >= 15 is 0 Å². The van der Waals surface area contributed by atoms with E-state index in [2.05, 4.69) is 0 Å². The van der Waals surface area contributed by atoms with E-state index in [1.54, 1.807) is 0 Å². The summed E-state index contributed by atoms with van der Waals surface area (Å²) in [5, 5.41) is 0.119. The molecule has 0 radical (unpaired) electrons. The largest absolute Gasteiger partial charge is 0.325 e. The zero-order valence-electron chi connectivity index (χ0n) is 11.1. The van der Waals surface area contributed by atoms with Crippen molar-refractivity contribution in [2.75, 3.05) is 0 Å². The van der Waals surface area contributed by atoms with Gasteiger partial charge in [0.2, 0.25) is 11.0 Å². The van der Waals surface area contributed by atoms with Gasteiger partial charge in [-0.3, -0.25) is 9.59 Å². The molecule has 0 aromatic heterocycles. The summed E-state index contributed by atoms with van der Waals surface area (Å²) >= 11 is 1.19. The second kappa shape index (κ2) is 4.01. The monoisotopic (exact) mass is 255 g/mol. The maximum atomic E-state index is 12.5. The second-order valence-corrected chi connectivity index (χ2v) is 7.67. The van der Waals surface area contributed by atoms with Crippen LogP contribution < -0.4 is 0 Å². The van der Waals surface area contributed by atoms with Gasteiger partial charge >= 0.3 is 0 Å². The van der Waals surface area contributed by atoms with E-state index in [9.17, 15) is 9.59 Å². The minimum atomic E-state index is -0.647. The first-order valence-corrected chi connectivity index (χ1v) is 7.15. The molecule has 96 valence electrons. The molecule has 0 bridgehead atoms. The molecular weight excluding hydrogens is 234 g/mol. The lowest BCUT2D eigenvalue weighted by Gasteiger charge is -2.49.